The minimum atomic E-state index is 0.713. The normalized spacial score (nSPS) is 9.71. The van der Waals surface area contributed by atoms with E-state index in [-0.39, 0.29) is 0 Å². The zero-order valence-electron chi connectivity index (χ0n) is 11.5. The molecule has 0 aromatic rings. The van der Waals surface area contributed by atoms with Crippen molar-refractivity contribution >= 4 is 6.29 Å². The predicted molar refractivity (Wildman–Crippen MR) is 74.9 cm³/mol. The molecule has 0 unspecified atom stereocenters. The summed E-state index contributed by atoms with van der Waals surface area (Å²) in [7, 11) is 0. The lowest BCUT2D eigenvalue weighted by atomic mass is 10.1. The van der Waals surface area contributed by atoms with Crippen LogP contribution in [0.25, 0.3) is 0 Å². The predicted octanol–water partition coefficient (Wildman–Crippen LogP) is 4.89. The Balaban J connectivity index is 3.07. The second-order valence-electron chi connectivity index (χ2n) is 4.64. The summed E-state index contributed by atoms with van der Waals surface area (Å²) in [5.41, 5.74) is 0. The van der Waals surface area contributed by atoms with Gasteiger partial charge in [-0.1, -0.05) is 45.4 Å². The van der Waals surface area contributed by atoms with Crippen LogP contribution in [-0.4, -0.2) is 6.29 Å². The van der Waals surface area contributed by atoms with Crippen LogP contribution in [-0.2, 0) is 4.79 Å². The standard InChI is InChI=1S/C16H28O/c1-2-3-4-5-6-7-8-9-10-11-12-13-14-15-16-17/h16H,2-8,11-15H2,1H3. The Bertz CT molecular complexity index is 209. The maximum Gasteiger partial charge on any atom is 0.119 e. The molecule has 98 valence electrons. The zero-order chi connectivity index (χ0) is 12.6. The lowest BCUT2D eigenvalue weighted by molar-refractivity contribution is -0.107. The van der Waals surface area contributed by atoms with Gasteiger partial charge in [-0.2, -0.15) is 0 Å². The minimum absolute atomic E-state index is 0.713. The number of hydrogen-bond acceptors (Lipinski definition) is 1. The summed E-state index contributed by atoms with van der Waals surface area (Å²) in [5.74, 6) is 6.47. The maximum atomic E-state index is 10.1. The Hall–Kier alpha value is -0.770. The smallest absolute Gasteiger partial charge is 0.119 e. The molecular formula is C16H28O. The second-order valence-corrected chi connectivity index (χ2v) is 4.64. The number of unbranched alkanes of at least 4 members (excludes halogenated alkanes) is 10. The topological polar surface area (TPSA) is 17.1 Å². The molecular weight excluding hydrogens is 208 g/mol. The maximum absolute atomic E-state index is 10.1. The van der Waals surface area contributed by atoms with Gasteiger partial charge in [0.15, 0.2) is 0 Å². The summed E-state index contributed by atoms with van der Waals surface area (Å²) in [6, 6.07) is 0. The number of carbonyl (C=O) groups excluding carboxylic acids is 1. The van der Waals surface area contributed by atoms with E-state index in [1.165, 1.54) is 38.5 Å². The molecule has 17 heavy (non-hydrogen) atoms. The molecule has 0 aliphatic heterocycles. The Morgan fingerprint density at radius 2 is 1.29 bits per heavy atom. The molecule has 0 saturated carbocycles. The molecule has 0 heterocycles. The molecule has 0 aliphatic rings. The van der Waals surface area contributed by atoms with Crippen molar-refractivity contribution in [1.82, 2.24) is 0 Å². The first kappa shape index (κ1) is 16.2. The molecule has 0 spiro atoms. The fraction of sp³-hybridized carbons (Fsp3) is 0.812. The Morgan fingerprint density at radius 3 is 1.88 bits per heavy atom. The van der Waals surface area contributed by atoms with Crippen LogP contribution >= 0.6 is 0 Å². The molecule has 1 nitrogen and oxygen atoms in total. The highest BCUT2D eigenvalue weighted by Crippen LogP contribution is 2.06. The van der Waals surface area contributed by atoms with E-state index in [4.69, 9.17) is 0 Å². The summed E-state index contributed by atoms with van der Waals surface area (Å²) < 4.78 is 0. The van der Waals surface area contributed by atoms with E-state index >= 15 is 0 Å². The first-order chi connectivity index (χ1) is 8.41. The first-order valence-electron chi connectivity index (χ1n) is 7.31. The van der Waals surface area contributed by atoms with Gasteiger partial charge in [0.2, 0.25) is 0 Å². The number of rotatable bonds is 11. The van der Waals surface area contributed by atoms with E-state index in [0.717, 1.165) is 38.4 Å². The average molecular weight is 236 g/mol. The molecule has 0 N–H and O–H groups in total. The molecule has 0 rings (SSSR count). The average Bonchev–Trinajstić information content (AvgIpc) is 2.35. The van der Waals surface area contributed by atoms with Crippen molar-refractivity contribution in [3.8, 4) is 11.8 Å². The molecule has 0 bridgehead atoms. The number of aldehydes is 1. The van der Waals surface area contributed by atoms with E-state index in [1.54, 1.807) is 0 Å². The van der Waals surface area contributed by atoms with Crippen molar-refractivity contribution in [2.75, 3.05) is 0 Å². The monoisotopic (exact) mass is 236 g/mol. The first-order valence-corrected chi connectivity index (χ1v) is 7.31. The molecule has 0 saturated heterocycles. The number of hydrogen-bond donors (Lipinski definition) is 0. The highest BCUT2D eigenvalue weighted by Gasteiger charge is 1.88. The van der Waals surface area contributed by atoms with Crippen molar-refractivity contribution < 1.29 is 4.79 Å². The van der Waals surface area contributed by atoms with Crippen molar-refractivity contribution in [1.29, 1.82) is 0 Å². The van der Waals surface area contributed by atoms with Crippen LogP contribution in [0.15, 0.2) is 0 Å². The molecule has 0 aromatic carbocycles. The van der Waals surface area contributed by atoms with Crippen molar-refractivity contribution in [2.24, 2.45) is 0 Å². The molecule has 0 aromatic heterocycles. The van der Waals surface area contributed by atoms with Gasteiger partial charge in [0.1, 0.15) is 6.29 Å². The van der Waals surface area contributed by atoms with Crippen LogP contribution in [0.3, 0.4) is 0 Å². The van der Waals surface area contributed by atoms with Crippen LogP contribution in [0.1, 0.15) is 84.0 Å². The SMILES string of the molecule is CCCCCCCCC#CCCCCCC=O. The lowest BCUT2D eigenvalue weighted by Gasteiger charge is -1.96. The van der Waals surface area contributed by atoms with Crippen LogP contribution in [0.5, 0.6) is 0 Å². The van der Waals surface area contributed by atoms with Gasteiger partial charge in [0.25, 0.3) is 0 Å². The van der Waals surface area contributed by atoms with Gasteiger partial charge in [-0.05, 0) is 19.3 Å². The fourth-order valence-corrected chi connectivity index (χ4v) is 1.79. The van der Waals surface area contributed by atoms with E-state index in [9.17, 15) is 4.79 Å². The van der Waals surface area contributed by atoms with E-state index in [2.05, 4.69) is 18.8 Å². The minimum Gasteiger partial charge on any atom is -0.303 e. The van der Waals surface area contributed by atoms with Crippen LogP contribution in [0.4, 0.5) is 0 Å². The summed E-state index contributed by atoms with van der Waals surface area (Å²) in [5, 5.41) is 0. The summed E-state index contributed by atoms with van der Waals surface area (Å²) >= 11 is 0. The Kier molecular flexibility index (Phi) is 14.5. The van der Waals surface area contributed by atoms with Gasteiger partial charge in [0.05, 0.1) is 0 Å². The quantitative estimate of drug-likeness (QED) is 0.283. The summed E-state index contributed by atoms with van der Waals surface area (Å²) in [6.07, 6.45) is 15.2. The van der Waals surface area contributed by atoms with Gasteiger partial charge >= 0.3 is 0 Å². The third kappa shape index (κ3) is 15.2. The zero-order valence-corrected chi connectivity index (χ0v) is 11.5. The Morgan fingerprint density at radius 1 is 0.765 bits per heavy atom. The third-order valence-electron chi connectivity index (χ3n) is 2.90. The van der Waals surface area contributed by atoms with Gasteiger partial charge in [0, 0.05) is 19.3 Å². The highest BCUT2D eigenvalue weighted by molar-refractivity contribution is 5.48. The summed E-state index contributed by atoms with van der Waals surface area (Å²) in [4.78, 5) is 10.1. The second kappa shape index (κ2) is 15.2. The Labute approximate surface area is 107 Å². The highest BCUT2D eigenvalue weighted by atomic mass is 16.1. The fourth-order valence-electron chi connectivity index (χ4n) is 1.79. The van der Waals surface area contributed by atoms with Gasteiger partial charge in [-0.3, -0.25) is 0 Å². The van der Waals surface area contributed by atoms with Gasteiger partial charge in [-0.15, -0.1) is 11.8 Å². The lowest BCUT2D eigenvalue weighted by Crippen LogP contribution is -1.79. The van der Waals surface area contributed by atoms with Crippen molar-refractivity contribution in [3.05, 3.63) is 0 Å². The molecule has 0 atom stereocenters. The van der Waals surface area contributed by atoms with E-state index in [1.807, 2.05) is 0 Å². The number of carbonyl (C=O) groups is 1. The van der Waals surface area contributed by atoms with Crippen LogP contribution in [0.2, 0.25) is 0 Å². The summed E-state index contributed by atoms with van der Waals surface area (Å²) in [6.45, 7) is 2.25. The molecule has 0 radical (unpaired) electrons. The molecule has 1 heteroatoms. The third-order valence-corrected chi connectivity index (χ3v) is 2.90. The van der Waals surface area contributed by atoms with Crippen LogP contribution < -0.4 is 0 Å². The largest absolute Gasteiger partial charge is 0.303 e. The van der Waals surface area contributed by atoms with Crippen molar-refractivity contribution in [2.45, 2.75) is 84.0 Å². The van der Waals surface area contributed by atoms with Gasteiger partial charge in [-0.25, -0.2) is 0 Å². The van der Waals surface area contributed by atoms with Gasteiger partial charge < -0.3 is 4.79 Å². The molecule has 0 amide bonds. The van der Waals surface area contributed by atoms with E-state index in [0.29, 0.717) is 6.42 Å². The van der Waals surface area contributed by atoms with E-state index < -0.39 is 0 Å². The molecule has 0 fully saturated rings. The van der Waals surface area contributed by atoms with Crippen molar-refractivity contribution in [3.63, 3.8) is 0 Å². The van der Waals surface area contributed by atoms with Crippen LogP contribution in [0, 0.1) is 11.8 Å². The molecule has 0 aliphatic carbocycles.